The van der Waals surface area contributed by atoms with Crippen molar-refractivity contribution in [2.75, 3.05) is 6.61 Å². The molecule has 1 N–H and O–H groups in total. The molecule has 2 aliphatic rings. The highest BCUT2D eigenvalue weighted by molar-refractivity contribution is 8.02. The van der Waals surface area contributed by atoms with Gasteiger partial charge in [-0.3, -0.25) is 14.6 Å². The molecule has 0 radical (unpaired) electrons. The standard InChI is InChI=1S/C23H22Cl3N3O4S2/c1-22(18(34)14-7-9-27-10-8-14)17(21(32)33-12-23(24,25)26)29-19(31)16(20(29)35-22)28-15(30)11-13-5-3-2-4-6-13/h2-10,16-18,20,34H,11-12H2,1H3,(H,28,30). The third kappa shape index (κ3) is 5.54. The van der Waals surface area contributed by atoms with Crippen LogP contribution in [0.3, 0.4) is 0 Å². The highest BCUT2D eigenvalue weighted by atomic mass is 35.6. The summed E-state index contributed by atoms with van der Waals surface area (Å²) in [7, 11) is 0. The van der Waals surface area contributed by atoms with Crippen molar-refractivity contribution in [3.05, 3.63) is 66.0 Å². The molecule has 1 aromatic heterocycles. The number of rotatable bonds is 7. The van der Waals surface area contributed by atoms with Gasteiger partial charge in [0.25, 0.3) is 0 Å². The van der Waals surface area contributed by atoms with Crippen molar-refractivity contribution < 1.29 is 19.1 Å². The number of ether oxygens (including phenoxy) is 1. The van der Waals surface area contributed by atoms with Crippen molar-refractivity contribution in [1.82, 2.24) is 15.2 Å². The number of pyridine rings is 1. The molecule has 4 rings (SSSR count). The lowest BCUT2D eigenvalue weighted by Crippen LogP contribution is -2.71. The number of aromatic nitrogens is 1. The fraction of sp³-hybridized carbons (Fsp3) is 0.391. The molecule has 5 unspecified atom stereocenters. The first-order chi connectivity index (χ1) is 16.5. The summed E-state index contributed by atoms with van der Waals surface area (Å²) < 4.78 is 2.59. The minimum Gasteiger partial charge on any atom is -0.460 e. The predicted molar refractivity (Wildman–Crippen MR) is 140 cm³/mol. The highest BCUT2D eigenvalue weighted by Gasteiger charge is 2.67. The molecule has 2 fully saturated rings. The molecule has 1 aromatic carbocycles. The Bertz CT molecular complexity index is 1110. The van der Waals surface area contributed by atoms with E-state index >= 15 is 0 Å². The van der Waals surface area contributed by atoms with Crippen molar-refractivity contribution in [3.8, 4) is 0 Å². The number of carbonyl (C=O) groups is 3. The summed E-state index contributed by atoms with van der Waals surface area (Å²) >= 11 is 23.5. The first-order valence-electron chi connectivity index (χ1n) is 10.7. The first-order valence-corrected chi connectivity index (χ1v) is 13.2. The zero-order valence-corrected chi connectivity index (χ0v) is 22.4. The van der Waals surface area contributed by atoms with E-state index in [1.807, 2.05) is 37.3 Å². The lowest BCUT2D eigenvalue weighted by atomic mass is 9.89. The second-order valence-corrected chi connectivity index (χ2v) is 13.1. The number of β-lactam (4-membered cyclic amide) rings is 1. The van der Waals surface area contributed by atoms with E-state index < -0.39 is 43.8 Å². The van der Waals surface area contributed by atoms with Crippen LogP contribution in [0.2, 0.25) is 0 Å². The minimum atomic E-state index is -1.80. The summed E-state index contributed by atoms with van der Waals surface area (Å²) in [5, 5.41) is 1.87. The summed E-state index contributed by atoms with van der Waals surface area (Å²) in [5.41, 5.74) is 1.65. The molecule has 0 aliphatic carbocycles. The lowest BCUT2D eigenvalue weighted by Gasteiger charge is -2.44. The second kappa shape index (κ2) is 10.4. The highest BCUT2D eigenvalue weighted by Crippen LogP contribution is 2.58. The maximum Gasteiger partial charge on any atom is 0.330 e. The fourth-order valence-corrected chi connectivity index (χ4v) is 6.74. The Morgan fingerprint density at radius 1 is 1.23 bits per heavy atom. The second-order valence-electron chi connectivity index (χ2n) is 8.45. The van der Waals surface area contributed by atoms with Gasteiger partial charge in [-0.05, 0) is 30.2 Å². The first kappa shape index (κ1) is 26.4. The van der Waals surface area contributed by atoms with Crippen LogP contribution in [0.25, 0.3) is 0 Å². The van der Waals surface area contributed by atoms with E-state index in [0.29, 0.717) is 0 Å². The summed E-state index contributed by atoms with van der Waals surface area (Å²) in [6.45, 7) is 1.37. The molecule has 0 saturated carbocycles. The molecule has 0 bridgehead atoms. The molecule has 0 spiro atoms. The van der Waals surface area contributed by atoms with Gasteiger partial charge in [-0.15, -0.1) is 11.8 Å². The van der Waals surface area contributed by atoms with E-state index in [-0.39, 0.29) is 18.2 Å². The van der Waals surface area contributed by atoms with Crippen LogP contribution in [0, 0.1) is 0 Å². The van der Waals surface area contributed by atoms with Crippen molar-refractivity contribution in [3.63, 3.8) is 0 Å². The zero-order valence-electron chi connectivity index (χ0n) is 18.4. The molecule has 2 aromatic rings. The van der Waals surface area contributed by atoms with Gasteiger partial charge in [-0.25, -0.2) is 4.79 Å². The van der Waals surface area contributed by atoms with Gasteiger partial charge in [0.05, 0.1) is 11.2 Å². The van der Waals surface area contributed by atoms with Gasteiger partial charge in [0.2, 0.25) is 15.6 Å². The van der Waals surface area contributed by atoms with Gasteiger partial charge < -0.3 is 15.0 Å². The molecule has 2 saturated heterocycles. The van der Waals surface area contributed by atoms with Crippen molar-refractivity contribution in [2.24, 2.45) is 0 Å². The normalized spacial score (nSPS) is 26.5. The van der Waals surface area contributed by atoms with E-state index in [1.165, 1.54) is 16.7 Å². The van der Waals surface area contributed by atoms with Gasteiger partial charge in [0.15, 0.2) is 0 Å². The number of fused-ring (bicyclic) bond motifs is 1. The van der Waals surface area contributed by atoms with Crippen molar-refractivity contribution >= 4 is 77.0 Å². The molecule has 2 amide bonds. The van der Waals surface area contributed by atoms with E-state index in [4.69, 9.17) is 52.2 Å². The van der Waals surface area contributed by atoms with Crippen LogP contribution >= 0.6 is 59.2 Å². The summed E-state index contributed by atoms with van der Waals surface area (Å²) in [4.78, 5) is 44.5. The number of hydrogen-bond acceptors (Lipinski definition) is 7. The van der Waals surface area contributed by atoms with Gasteiger partial charge >= 0.3 is 5.97 Å². The molecule has 7 nitrogen and oxygen atoms in total. The molecule has 3 heterocycles. The third-order valence-electron chi connectivity index (χ3n) is 5.97. The maximum absolute atomic E-state index is 13.2. The number of nitrogens with one attached hydrogen (secondary N) is 1. The third-order valence-corrected chi connectivity index (χ3v) is 9.01. The molecule has 35 heavy (non-hydrogen) atoms. The summed E-state index contributed by atoms with van der Waals surface area (Å²) in [6.07, 6.45) is 3.40. The largest absolute Gasteiger partial charge is 0.460 e. The summed E-state index contributed by atoms with van der Waals surface area (Å²) in [5.74, 6) is -1.36. The monoisotopic (exact) mass is 573 g/mol. The van der Waals surface area contributed by atoms with E-state index in [9.17, 15) is 14.4 Å². The topological polar surface area (TPSA) is 88.6 Å². The number of nitrogens with zero attached hydrogens (tertiary/aromatic N) is 2. The molecular formula is C23H22Cl3N3O4S2. The minimum absolute atomic E-state index is 0.139. The van der Waals surface area contributed by atoms with Gasteiger partial charge in [0, 0.05) is 17.6 Å². The van der Waals surface area contributed by atoms with E-state index in [0.717, 1.165) is 11.1 Å². The van der Waals surface area contributed by atoms with Crippen LogP contribution in [0.5, 0.6) is 0 Å². The fourth-order valence-electron chi connectivity index (χ4n) is 4.30. The number of amides is 2. The Kier molecular flexibility index (Phi) is 7.83. The molecule has 5 atom stereocenters. The number of carbonyl (C=O) groups excluding carboxylic acids is 3. The maximum atomic E-state index is 13.2. The summed E-state index contributed by atoms with van der Waals surface area (Å²) in [6, 6.07) is 11.0. The average Bonchev–Trinajstić information content (AvgIpc) is 3.12. The smallest absolute Gasteiger partial charge is 0.330 e. The number of hydrogen-bond donors (Lipinski definition) is 2. The lowest BCUT2D eigenvalue weighted by molar-refractivity contribution is -0.164. The van der Waals surface area contributed by atoms with Crippen LogP contribution in [0.15, 0.2) is 54.9 Å². The average molecular weight is 575 g/mol. The Morgan fingerprint density at radius 2 is 1.89 bits per heavy atom. The number of thioether (sulfide) groups is 1. The Balaban J connectivity index is 1.56. The number of alkyl halides is 3. The van der Waals surface area contributed by atoms with Crippen molar-refractivity contribution in [2.45, 2.75) is 44.6 Å². The molecule has 12 heteroatoms. The van der Waals surface area contributed by atoms with Crippen LogP contribution in [-0.2, 0) is 25.5 Å². The number of benzene rings is 1. The molecular weight excluding hydrogens is 553 g/mol. The van der Waals surface area contributed by atoms with Gasteiger partial charge in [-0.1, -0.05) is 65.1 Å². The Morgan fingerprint density at radius 3 is 2.51 bits per heavy atom. The number of halogens is 3. The van der Waals surface area contributed by atoms with Crippen LogP contribution in [-0.4, -0.2) is 60.3 Å². The van der Waals surface area contributed by atoms with E-state index in [2.05, 4.69) is 10.3 Å². The van der Waals surface area contributed by atoms with Crippen molar-refractivity contribution in [1.29, 1.82) is 0 Å². The molecule has 2 aliphatic heterocycles. The van der Waals surface area contributed by atoms with Crippen LogP contribution in [0.4, 0.5) is 0 Å². The Hall–Kier alpha value is -1.65. The SMILES string of the molecule is CC1(C(S)c2ccncc2)SC2C(NC(=O)Cc3ccccc3)C(=O)N2C1C(=O)OCC(Cl)(Cl)Cl. The zero-order chi connectivity index (χ0) is 25.4. The van der Waals surface area contributed by atoms with Crippen LogP contribution < -0.4 is 5.32 Å². The van der Waals surface area contributed by atoms with Crippen LogP contribution in [0.1, 0.15) is 23.3 Å². The van der Waals surface area contributed by atoms with E-state index in [1.54, 1.807) is 24.5 Å². The van der Waals surface area contributed by atoms with Gasteiger partial charge in [-0.2, -0.15) is 12.6 Å². The van der Waals surface area contributed by atoms with Gasteiger partial charge in [0.1, 0.15) is 24.1 Å². The predicted octanol–water partition coefficient (Wildman–Crippen LogP) is 3.74. The molecule has 186 valence electrons. The Labute approximate surface area is 227 Å². The quantitative estimate of drug-likeness (QED) is 0.227. The number of thiol groups is 1. The number of esters is 1.